The summed E-state index contributed by atoms with van der Waals surface area (Å²) in [5.41, 5.74) is 1.09. The zero-order valence-corrected chi connectivity index (χ0v) is 12.4. The quantitative estimate of drug-likeness (QED) is 0.837. The maximum absolute atomic E-state index is 12.4. The molecule has 112 valence electrons. The molecule has 1 amide bonds. The van der Waals surface area contributed by atoms with Crippen molar-refractivity contribution in [1.29, 1.82) is 0 Å². The van der Waals surface area contributed by atoms with E-state index in [-0.39, 0.29) is 18.6 Å². The van der Waals surface area contributed by atoms with Gasteiger partial charge in [-0.05, 0) is 24.8 Å². The second kappa shape index (κ2) is 7.80. The van der Waals surface area contributed by atoms with Gasteiger partial charge in [-0.3, -0.25) is 9.78 Å². The predicted octanol–water partition coefficient (Wildman–Crippen LogP) is 2.12. The lowest BCUT2D eigenvalue weighted by Gasteiger charge is -2.29. The number of aromatic nitrogens is 1. The van der Waals surface area contributed by atoms with Crippen molar-refractivity contribution in [3.05, 3.63) is 29.6 Å². The molecule has 21 heavy (non-hydrogen) atoms. The molecule has 1 fully saturated rings. The lowest BCUT2D eigenvalue weighted by molar-refractivity contribution is 0.0919. The van der Waals surface area contributed by atoms with E-state index in [1.807, 2.05) is 0 Å². The molecular formula is C17H22N2O2. The molecule has 1 aliphatic carbocycles. The Kier molecular flexibility index (Phi) is 5.77. The van der Waals surface area contributed by atoms with E-state index in [9.17, 15) is 4.79 Å². The molecule has 4 heteroatoms. The first-order valence-electron chi connectivity index (χ1n) is 7.59. The highest BCUT2D eigenvalue weighted by atomic mass is 16.2. The number of hydrogen-bond donors (Lipinski definition) is 2. The Balaban J connectivity index is 2.06. The molecular weight excluding hydrogens is 264 g/mol. The molecule has 4 nitrogen and oxygen atoms in total. The fourth-order valence-electron chi connectivity index (χ4n) is 2.88. The Hall–Kier alpha value is -1.86. The van der Waals surface area contributed by atoms with Gasteiger partial charge in [-0.1, -0.05) is 38.0 Å². The molecule has 1 aromatic rings. The highest BCUT2D eigenvalue weighted by Crippen LogP contribution is 2.26. The van der Waals surface area contributed by atoms with Crippen LogP contribution in [0.3, 0.4) is 0 Å². The number of carbonyl (C=O) groups is 1. The molecule has 2 atom stereocenters. The van der Waals surface area contributed by atoms with Gasteiger partial charge in [0.15, 0.2) is 0 Å². The smallest absolute Gasteiger partial charge is 0.252 e. The second-order valence-corrected chi connectivity index (χ2v) is 5.49. The van der Waals surface area contributed by atoms with E-state index < -0.39 is 0 Å². The monoisotopic (exact) mass is 286 g/mol. The third-order valence-corrected chi connectivity index (χ3v) is 4.06. The number of nitrogens with one attached hydrogen (secondary N) is 1. The summed E-state index contributed by atoms with van der Waals surface area (Å²) < 4.78 is 0. The average Bonchev–Trinajstić information content (AvgIpc) is 2.53. The first-order valence-corrected chi connectivity index (χ1v) is 7.59. The molecule has 2 unspecified atom stereocenters. The molecule has 0 bridgehead atoms. The van der Waals surface area contributed by atoms with Crippen molar-refractivity contribution < 1.29 is 9.90 Å². The van der Waals surface area contributed by atoms with Crippen LogP contribution in [-0.4, -0.2) is 28.6 Å². The Morgan fingerprint density at radius 2 is 2.38 bits per heavy atom. The Labute approximate surface area is 126 Å². The van der Waals surface area contributed by atoms with E-state index in [2.05, 4.69) is 29.1 Å². The Morgan fingerprint density at radius 3 is 3.14 bits per heavy atom. The van der Waals surface area contributed by atoms with E-state index in [0.717, 1.165) is 18.8 Å². The van der Waals surface area contributed by atoms with Crippen LogP contribution in [0.1, 0.15) is 54.9 Å². The summed E-state index contributed by atoms with van der Waals surface area (Å²) >= 11 is 0. The van der Waals surface area contributed by atoms with Crippen LogP contribution in [0.2, 0.25) is 0 Å². The van der Waals surface area contributed by atoms with Crippen LogP contribution in [0.5, 0.6) is 0 Å². The normalized spacial score (nSPS) is 21.2. The number of amides is 1. The predicted molar refractivity (Wildman–Crippen MR) is 81.7 cm³/mol. The molecule has 0 radical (unpaired) electrons. The maximum Gasteiger partial charge on any atom is 0.252 e. The van der Waals surface area contributed by atoms with Crippen molar-refractivity contribution in [2.24, 2.45) is 5.92 Å². The number of pyridine rings is 1. The molecule has 1 saturated carbocycles. The summed E-state index contributed by atoms with van der Waals surface area (Å²) in [7, 11) is 0. The summed E-state index contributed by atoms with van der Waals surface area (Å²) in [6, 6.07) is 1.93. The van der Waals surface area contributed by atoms with Crippen molar-refractivity contribution in [2.45, 2.75) is 45.1 Å². The molecule has 2 rings (SSSR count). The molecule has 0 aromatic carbocycles. The molecule has 1 aromatic heterocycles. The third kappa shape index (κ3) is 4.30. The van der Waals surface area contributed by atoms with E-state index in [0.29, 0.717) is 11.1 Å². The third-order valence-electron chi connectivity index (χ3n) is 4.06. The van der Waals surface area contributed by atoms with Crippen LogP contribution in [0, 0.1) is 17.8 Å². The van der Waals surface area contributed by atoms with E-state index in [4.69, 9.17) is 5.11 Å². The minimum atomic E-state index is -0.225. The molecule has 1 heterocycles. The first-order chi connectivity index (χ1) is 10.2. The zero-order chi connectivity index (χ0) is 15.1. The first kappa shape index (κ1) is 15.5. The van der Waals surface area contributed by atoms with Gasteiger partial charge in [0, 0.05) is 18.4 Å². The summed E-state index contributed by atoms with van der Waals surface area (Å²) in [4.78, 5) is 16.4. The van der Waals surface area contributed by atoms with Crippen molar-refractivity contribution in [3.63, 3.8) is 0 Å². The fraction of sp³-hybridized carbons (Fsp3) is 0.529. The van der Waals surface area contributed by atoms with Crippen LogP contribution >= 0.6 is 0 Å². The Morgan fingerprint density at radius 1 is 1.52 bits per heavy atom. The zero-order valence-electron chi connectivity index (χ0n) is 12.4. The summed E-state index contributed by atoms with van der Waals surface area (Å²) in [6.07, 6.45) is 8.88. The fourth-order valence-corrected chi connectivity index (χ4v) is 2.88. The van der Waals surface area contributed by atoms with Gasteiger partial charge in [0.2, 0.25) is 0 Å². The van der Waals surface area contributed by atoms with Gasteiger partial charge in [0.05, 0.1) is 11.1 Å². The van der Waals surface area contributed by atoms with Crippen LogP contribution < -0.4 is 5.32 Å². The second-order valence-electron chi connectivity index (χ2n) is 5.49. The van der Waals surface area contributed by atoms with Gasteiger partial charge >= 0.3 is 0 Å². The topological polar surface area (TPSA) is 62.2 Å². The van der Waals surface area contributed by atoms with Crippen molar-refractivity contribution in [2.75, 3.05) is 6.61 Å². The van der Waals surface area contributed by atoms with Crippen LogP contribution in [-0.2, 0) is 0 Å². The number of aliphatic hydroxyl groups excluding tert-OH is 1. The van der Waals surface area contributed by atoms with Crippen molar-refractivity contribution >= 4 is 5.91 Å². The van der Waals surface area contributed by atoms with Crippen molar-refractivity contribution in [3.8, 4) is 11.8 Å². The van der Waals surface area contributed by atoms with Gasteiger partial charge in [-0.15, -0.1) is 0 Å². The largest absolute Gasteiger partial charge is 0.384 e. The molecule has 2 N–H and O–H groups in total. The Bertz CT molecular complexity index is 545. The number of carbonyl (C=O) groups excluding carboxylic acids is 1. The van der Waals surface area contributed by atoms with Gasteiger partial charge < -0.3 is 10.4 Å². The van der Waals surface area contributed by atoms with E-state index >= 15 is 0 Å². The summed E-state index contributed by atoms with van der Waals surface area (Å²) in [5.74, 6) is 5.96. The summed E-state index contributed by atoms with van der Waals surface area (Å²) in [5, 5.41) is 11.9. The number of rotatable bonds is 3. The lowest BCUT2D eigenvalue weighted by atomic mass is 9.84. The van der Waals surface area contributed by atoms with Gasteiger partial charge in [-0.2, -0.15) is 0 Å². The van der Waals surface area contributed by atoms with Crippen molar-refractivity contribution in [1.82, 2.24) is 10.3 Å². The molecule has 0 saturated heterocycles. The minimum absolute atomic E-state index is 0.0959. The maximum atomic E-state index is 12.4. The van der Waals surface area contributed by atoms with Gasteiger partial charge in [-0.25, -0.2) is 0 Å². The average molecular weight is 286 g/mol. The van der Waals surface area contributed by atoms with Crippen LogP contribution in [0.4, 0.5) is 0 Å². The minimum Gasteiger partial charge on any atom is -0.384 e. The molecule has 0 spiro atoms. The van der Waals surface area contributed by atoms with E-state index in [1.54, 1.807) is 18.5 Å². The molecule has 0 aliphatic heterocycles. The van der Waals surface area contributed by atoms with Gasteiger partial charge in [0.25, 0.3) is 5.91 Å². The highest BCUT2D eigenvalue weighted by Gasteiger charge is 2.23. The highest BCUT2D eigenvalue weighted by molar-refractivity contribution is 5.96. The van der Waals surface area contributed by atoms with Gasteiger partial charge in [0.1, 0.15) is 6.61 Å². The number of hydrogen-bond acceptors (Lipinski definition) is 3. The van der Waals surface area contributed by atoms with Crippen LogP contribution in [0.15, 0.2) is 18.5 Å². The number of aliphatic hydroxyl groups is 1. The summed E-state index contributed by atoms with van der Waals surface area (Å²) in [6.45, 7) is 1.98. The SMILES string of the molecule is CCC1CCCC(NC(=O)c2ccncc2C#CCO)C1. The standard InChI is InChI=1S/C17H22N2O2/c1-2-13-5-3-7-15(11-13)19-17(21)16-8-9-18-12-14(16)6-4-10-20/h8-9,12-13,15,20H,2-3,5,7,10-11H2,1H3,(H,19,21). The van der Waals surface area contributed by atoms with E-state index in [1.165, 1.54) is 19.3 Å². The van der Waals surface area contributed by atoms with Crippen LogP contribution in [0.25, 0.3) is 0 Å². The molecule has 1 aliphatic rings. The number of nitrogens with zero attached hydrogens (tertiary/aromatic N) is 1. The lowest BCUT2D eigenvalue weighted by Crippen LogP contribution is -2.38.